The quantitative estimate of drug-likeness (QED) is 0.782. The molecule has 1 aromatic carbocycles. The van der Waals surface area contributed by atoms with Gasteiger partial charge in [0.25, 0.3) is 0 Å². The van der Waals surface area contributed by atoms with Crippen molar-refractivity contribution in [1.29, 1.82) is 0 Å². The van der Waals surface area contributed by atoms with Crippen LogP contribution in [0.2, 0.25) is 0 Å². The van der Waals surface area contributed by atoms with Gasteiger partial charge in [-0.1, -0.05) is 11.6 Å². The molecule has 1 saturated heterocycles. The molecule has 1 aromatic heterocycles. The summed E-state index contributed by atoms with van der Waals surface area (Å²) in [7, 11) is 0. The largest absolute Gasteiger partial charge is 0.488 e. The maximum atomic E-state index is 12.4. The summed E-state index contributed by atoms with van der Waals surface area (Å²) < 4.78 is 12.9. The first-order valence-electron chi connectivity index (χ1n) is 9.56. The monoisotopic (exact) mass is 370 g/mol. The van der Waals surface area contributed by atoms with Gasteiger partial charge in [-0.05, 0) is 32.0 Å². The van der Waals surface area contributed by atoms with Crippen molar-refractivity contribution in [3.63, 3.8) is 0 Å². The summed E-state index contributed by atoms with van der Waals surface area (Å²) in [6, 6.07) is 6.11. The predicted octanol–water partition coefficient (Wildman–Crippen LogP) is 1.59. The van der Waals surface area contributed by atoms with E-state index in [1.165, 1.54) is 0 Å². The standard InChI is InChI=1S/C20H26N4O3/c1-15-3-4-18-17(11-15)20-16(14-27-18)12-22-24(20)13-19(25)21-5-2-6-23-7-9-26-10-8-23/h3-4,11-12H,2,5-10,13-14H2,1H3,(H,21,25). The molecule has 3 heterocycles. The number of fused-ring (bicyclic) bond motifs is 3. The molecule has 0 radical (unpaired) electrons. The summed E-state index contributed by atoms with van der Waals surface area (Å²) in [5.74, 6) is 0.837. The normalized spacial score (nSPS) is 16.3. The molecule has 7 heteroatoms. The van der Waals surface area contributed by atoms with Crippen LogP contribution in [-0.2, 0) is 22.7 Å². The topological polar surface area (TPSA) is 68.6 Å². The Labute approximate surface area is 159 Å². The number of morpholine rings is 1. The van der Waals surface area contributed by atoms with Crippen LogP contribution < -0.4 is 10.1 Å². The van der Waals surface area contributed by atoms with E-state index in [-0.39, 0.29) is 12.5 Å². The smallest absolute Gasteiger partial charge is 0.241 e. The zero-order valence-corrected chi connectivity index (χ0v) is 15.7. The van der Waals surface area contributed by atoms with E-state index in [2.05, 4.69) is 28.3 Å². The molecule has 2 aliphatic rings. The molecule has 2 aromatic rings. The van der Waals surface area contributed by atoms with Gasteiger partial charge in [-0.3, -0.25) is 14.4 Å². The third kappa shape index (κ3) is 4.14. The molecule has 2 aliphatic heterocycles. The number of nitrogens with one attached hydrogen (secondary N) is 1. The number of hydrogen-bond acceptors (Lipinski definition) is 5. The summed E-state index contributed by atoms with van der Waals surface area (Å²) in [4.78, 5) is 14.8. The van der Waals surface area contributed by atoms with Crippen molar-refractivity contribution < 1.29 is 14.3 Å². The van der Waals surface area contributed by atoms with Crippen molar-refractivity contribution in [2.45, 2.75) is 26.5 Å². The number of aryl methyl sites for hydroxylation is 1. The molecule has 1 amide bonds. The van der Waals surface area contributed by atoms with E-state index in [9.17, 15) is 4.79 Å². The molecule has 0 atom stereocenters. The van der Waals surface area contributed by atoms with Gasteiger partial charge >= 0.3 is 0 Å². The van der Waals surface area contributed by atoms with Gasteiger partial charge < -0.3 is 14.8 Å². The van der Waals surface area contributed by atoms with Gasteiger partial charge in [0.15, 0.2) is 0 Å². The van der Waals surface area contributed by atoms with Crippen LogP contribution in [0.1, 0.15) is 17.5 Å². The van der Waals surface area contributed by atoms with Gasteiger partial charge in [0.05, 0.1) is 25.1 Å². The van der Waals surface area contributed by atoms with E-state index in [0.29, 0.717) is 13.2 Å². The maximum Gasteiger partial charge on any atom is 0.241 e. The van der Waals surface area contributed by atoms with Gasteiger partial charge in [-0.15, -0.1) is 0 Å². The average molecular weight is 370 g/mol. The van der Waals surface area contributed by atoms with E-state index in [1.54, 1.807) is 10.9 Å². The average Bonchev–Trinajstić information content (AvgIpc) is 3.09. The fraction of sp³-hybridized carbons (Fsp3) is 0.500. The van der Waals surface area contributed by atoms with Crippen molar-refractivity contribution >= 4 is 5.91 Å². The number of aromatic nitrogens is 2. The Hall–Kier alpha value is -2.38. The van der Waals surface area contributed by atoms with E-state index in [0.717, 1.165) is 67.4 Å². The Kier molecular flexibility index (Phi) is 5.40. The molecule has 0 spiro atoms. The highest BCUT2D eigenvalue weighted by atomic mass is 16.5. The first kappa shape index (κ1) is 18.0. The number of carbonyl (C=O) groups excluding carboxylic acids is 1. The molecule has 0 aliphatic carbocycles. The minimum Gasteiger partial charge on any atom is -0.488 e. The maximum absolute atomic E-state index is 12.4. The number of nitrogens with zero attached hydrogens (tertiary/aromatic N) is 3. The molecule has 0 saturated carbocycles. The van der Waals surface area contributed by atoms with Crippen molar-refractivity contribution in [2.24, 2.45) is 0 Å². The van der Waals surface area contributed by atoms with Crippen LogP contribution in [0.15, 0.2) is 24.4 Å². The van der Waals surface area contributed by atoms with Crippen LogP contribution in [0.4, 0.5) is 0 Å². The number of benzene rings is 1. The zero-order chi connectivity index (χ0) is 18.6. The van der Waals surface area contributed by atoms with Gasteiger partial charge in [0, 0.05) is 30.8 Å². The van der Waals surface area contributed by atoms with Crippen LogP contribution in [-0.4, -0.2) is 60.0 Å². The first-order chi connectivity index (χ1) is 13.2. The van der Waals surface area contributed by atoms with Crippen molar-refractivity contribution in [2.75, 3.05) is 39.4 Å². The van der Waals surface area contributed by atoms with Gasteiger partial charge in [-0.25, -0.2) is 0 Å². The van der Waals surface area contributed by atoms with E-state index >= 15 is 0 Å². The molecule has 1 N–H and O–H groups in total. The Morgan fingerprint density at radius 2 is 2.15 bits per heavy atom. The van der Waals surface area contributed by atoms with Crippen molar-refractivity contribution in [3.05, 3.63) is 35.5 Å². The molecule has 0 unspecified atom stereocenters. The summed E-state index contributed by atoms with van der Waals surface area (Å²) in [5.41, 5.74) is 4.18. The minimum atomic E-state index is -0.0106. The van der Waals surface area contributed by atoms with Crippen LogP contribution in [0.3, 0.4) is 0 Å². The number of carbonyl (C=O) groups is 1. The Morgan fingerprint density at radius 3 is 3.00 bits per heavy atom. The fourth-order valence-corrected chi connectivity index (χ4v) is 3.62. The van der Waals surface area contributed by atoms with Crippen LogP contribution in [0.5, 0.6) is 5.75 Å². The second-order valence-corrected chi connectivity index (χ2v) is 7.12. The Balaban J connectivity index is 1.34. The molecular formula is C20H26N4O3. The lowest BCUT2D eigenvalue weighted by atomic mass is 10.0. The zero-order valence-electron chi connectivity index (χ0n) is 15.7. The second kappa shape index (κ2) is 8.10. The molecular weight excluding hydrogens is 344 g/mol. The number of ether oxygens (including phenoxy) is 2. The van der Waals surface area contributed by atoms with Crippen molar-refractivity contribution in [3.8, 4) is 17.0 Å². The molecule has 27 heavy (non-hydrogen) atoms. The number of rotatable bonds is 6. The van der Waals surface area contributed by atoms with Gasteiger partial charge in [0.2, 0.25) is 5.91 Å². The summed E-state index contributed by atoms with van der Waals surface area (Å²) >= 11 is 0. The number of hydrogen-bond donors (Lipinski definition) is 1. The highest BCUT2D eigenvalue weighted by molar-refractivity contribution is 5.78. The highest BCUT2D eigenvalue weighted by Gasteiger charge is 2.23. The van der Waals surface area contributed by atoms with E-state index in [1.807, 2.05) is 12.1 Å². The van der Waals surface area contributed by atoms with Crippen LogP contribution in [0.25, 0.3) is 11.3 Å². The molecule has 144 valence electrons. The van der Waals surface area contributed by atoms with Crippen molar-refractivity contribution in [1.82, 2.24) is 20.0 Å². The first-order valence-corrected chi connectivity index (χ1v) is 9.56. The van der Waals surface area contributed by atoms with E-state index < -0.39 is 0 Å². The number of amides is 1. The summed E-state index contributed by atoms with van der Waals surface area (Å²) in [6.07, 6.45) is 2.74. The third-order valence-corrected chi connectivity index (χ3v) is 5.06. The third-order valence-electron chi connectivity index (χ3n) is 5.06. The highest BCUT2D eigenvalue weighted by Crippen LogP contribution is 2.37. The summed E-state index contributed by atoms with van der Waals surface area (Å²) in [5, 5.41) is 7.44. The fourth-order valence-electron chi connectivity index (χ4n) is 3.62. The molecule has 4 rings (SSSR count). The molecule has 1 fully saturated rings. The SMILES string of the molecule is Cc1ccc2c(c1)-c1c(cnn1CC(=O)NCCCN1CCOCC1)CO2. The second-order valence-electron chi connectivity index (χ2n) is 7.12. The van der Waals surface area contributed by atoms with Crippen LogP contribution in [0, 0.1) is 6.92 Å². The Bertz CT molecular complexity index is 812. The van der Waals surface area contributed by atoms with Gasteiger partial charge in [-0.2, -0.15) is 5.10 Å². The lowest BCUT2D eigenvalue weighted by molar-refractivity contribution is -0.121. The van der Waals surface area contributed by atoms with Gasteiger partial charge in [0.1, 0.15) is 18.9 Å². The lowest BCUT2D eigenvalue weighted by Crippen LogP contribution is -2.38. The predicted molar refractivity (Wildman–Crippen MR) is 102 cm³/mol. The van der Waals surface area contributed by atoms with Crippen LogP contribution >= 0.6 is 0 Å². The summed E-state index contributed by atoms with van der Waals surface area (Å²) in [6.45, 7) is 8.01. The van der Waals surface area contributed by atoms with E-state index in [4.69, 9.17) is 9.47 Å². The Morgan fingerprint density at radius 1 is 1.30 bits per heavy atom. The molecule has 0 bridgehead atoms. The minimum absolute atomic E-state index is 0.0106. The lowest BCUT2D eigenvalue weighted by Gasteiger charge is -2.26. The molecule has 7 nitrogen and oxygen atoms in total.